The van der Waals surface area contributed by atoms with Gasteiger partial charge < -0.3 is 20.3 Å². The van der Waals surface area contributed by atoms with Crippen molar-refractivity contribution >= 4 is 35.8 Å². The Hall–Kier alpha value is -2.03. The van der Waals surface area contributed by atoms with Crippen LogP contribution in [0.5, 0.6) is 5.75 Å². The maximum absolute atomic E-state index is 5.17. The zero-order valence-corrected chi connectivity index (χ0v) is 18.2. The van der Waals surface area contributed by atoms with Gasteiger partial charge in [-0.15, -0.1) is 24.0 Å². The smallest absolute Gasteiger partial charge is 0.191 e. The highest BCUT2D eigenvalue weighted by atomic mass is 127. The van der Waals surface area contributed by atoms with Crippen LogP contribution >= 0.6 is 24.0 Å². The summed E-state index contributed by atoms with van der Waals surface area (Å²) in [5.74, 6) is 2.59. The van der Waals surface area contributed by atoms with Gasteiger partial charge in [0.1, 0.15) is 11.6 Å². The van der Waals surface area contributed by atoms with Gasteiger partial charge in [0.05, 0.1) is 19.3 Å². The van der Waals surface area contributed by atoms with Crippen molar-refractivity contribution in [1.29, 1.82) is 0 Å². The van der Waals surface area contributed by atoms with Gasteiger partial charge >= 0.3 is 0 Å². The second-order valence-electron chi connectivity index (χ2n) is 5.83. The van der Waals surface area contributed by atoms with Crippen LogP contribution in [0.25, 0.3) is 0 Å². The van der Waals surface area contributed by atoms with E-state index in [2.05, 4.69) is 32.7 Å². The Kier molecular flexibility index (Phi) is 9.79. The number of methoxy groups -OCH3 is 1. The van der Waals surface area contributed by atoms with Gasteiger partial charge in [-0.05, 0) is 36.2 Å². The molecule has 2 N–H and O–H groups in total. The van der Waals surface area contributed by atoms with Crippen LogP contribution in [-0.2, 0) is 13.0 Å². The average Bonchev–Trinajstić information content (AvgIpc) is 2.65. The molecule has 1 heterocycles. The van der Waals surface area contributed by atoms with Gasteiger partial charge in [0, 0.05) is 27.7 Å². The van der Waals surface area contributed by atoms with Crippen molar-refractivity contribution in [2.24, 2.45) is 4.99 Å². The molecule has 0 spiro atoms. The second kappa shape index (κ2) is 11.6. The molecule has 0 fully saturated rings. The number of hydrogen-bond donors (Lipinski definition) is 2. The van der Waals surface area contributed by atoms with E-state index in [9.17, 15) is 0 Å². The molecule has 0 amide bonds. The van der Waals surface area contributed by atoms with Crippen molar-refractivity contribution in [2.75, 3.05) is 39.7 Å². The van der Waals surface area contributed by atoms with Gasteiger partial charge in [0.25, 0.3) is 0 Å². The topological polar surface area (TPSA) is 61.8 Å². The molecule has 2 rings (SSSR count). The summed E-state index contributed by atoms with van der Waals surface area (Å²) in [5, 5.41) is 6.62. The van der Waals surface area contributed by atoms with Crippen LogP contribution in [-0.4, -0.2) is 45.7 Å². The molecule has 0 saturated carbocycles. The lowest BCUT2D eigenvalue weighted by molar-refractivity contribution is 0.414. The Morgan fingerprint density at radius 3 is 2.46 bits per heavy atom. The lowest BCUT2D eigenvalue weighted by Gasteiger charge is -2.14. The van der Waals surface area contributed by atoms with E-state index in [-0.39, 0.29) is 24.0 Å². The van der Waals surface area contributed by atoms with Crippen LogP contribution in [0.4, 0.5) is 5.82 Å². The molecule has 0 aliphatic carbocycles. The highest BCUT2D eigenvalue weighted by Gasteiger charge is 2.02. The predicted octanol–water partition coefficient (Wildman–Crippen LogP) is 2.68. The first kappa shape index (κ1) is 22.0. The van der Waals surface area contributed by atoms with Crippen LogP contribution < -0.4 is 20.3 Å². The largest absolute Gasteiger partial charge is 0.497 e. The lowest BCUT2D eigenvalue weighted by atomic mass is 10.1. The van der Waals surface area contributed by atoms with E-state index in [1.807, 2.05) is 49.3 Å². The van der Waals surface area contributed by atoms with Crippen LogP contribution in [0, 0.1) is 0 Å². The van der Waals surface area contributed by atoms with Crippen LogP contribution in [0.2, 0.25) is 0 Å². The molecule has 0 aliphatic rings. The average molecular weight is 469 g/mol. The van der Waals surface area contributed by atoms with Crippen molar-refractivity contribution in [3.8, 4) is 5.75 Å². The molecule has 1 aromatic carbocycles. The maximum Gasteiger partial charge on any atom is 0.191 e. The third-order valence-corrected chi connectivity index (χ3v) is 3.78. The maximum atomic E-state index is 5.17. The number of hydrogen-bond acceptors (Lipinski definition) is 4. The predicted molar refractivity (Wildman–Crippen MR) is 119 cm³/mol. The number of benzene rings is 1. The summed E-state index contributed by atoms with van der Waals surface area (Å²) < 4.78 is 5.17. The number of nitrogens with zero attached hydrogens (tertiary/aromatic N) is 3. The highest BCUT2D eigenvalue weighted by Crippen LogP contribution is 2.11. The van der Waals surface area contributed by atoms with E-state index in [1.54, 1.807) is 14.2 Å². The van der Waals surface area contributed by atoms with Crippen LogP contribution in [0.1, 0.15) is 11.3 Å². The molecule has 0 saturated heterocycles. The molecule has 6 nitrogen and oxygen atoms in total. The summed E-state index contributed by atoms with van der Waals surface area (Å²) in [7, 11) is 7.42. The number of rotatable bonds is 7. The monoisotopic (exact) mass is 469 g/mol. The summed E-state index contributed by atoms with van der Waals surface area (Å²) in [6, 6.07) is 14.1. The summed E-state index contributed by atoms with van der Waals surface area (Å²) in [6.45, 7) is 1.43. The Bertz CT molecular complexity index is 689. The fourth-order valence-electron chi connectivity index (χ4n) is 2.33. The summed E-state index contributed by atoms with van der Waals surface area (Å²) in [4.78, 5) is 10.8. The normalized spacial score (nSPS) is 10.7. The standard InChI is InChI=1S/C19H27N5O.HI/c1-20-19(21-13-12-15-8-10-17(25-4)11-9-15)22-14-16-6-5-7-18(23-16)24(2)3;/h5-11H,12-14H2,1-4H3,(H2,20,21,22);1H. The molecule has 7 heteroatoms. The minimum Gasteiger partial charge on any atom is -0.497 e. The second-order valence-corrected chi connectivity index (χ2v) is 5.83. The molecular weight excluding hydrogens is 441 g/mol. The summed E-state index contributed by atoms with van der Waals surface area (Å²) >= 11 is 0. The van der Waals surface area contributed by atoms with E-state index < -0.39 is 0 Å². The molecule has 1 aromatic heterocycles. The van der Waals surface area contributed by atoms with E-state index in [0.717, 1.165) is 36.2 Å². The minimum atomic E-state index is 0. The lowest BCUT2D eigenvalue weighted by Crippen LogP contribution is -2.38. The summed E-state index contributed by atoms with van der Waals surface area (Å²) in [5.41, 5.74) is 2.23. The zero-order valence-electron chi connectivity index (χ0n) is 15.8. The van der Waals surface area contributed by atoms with E-state index in [1.165, 1.54) is 5.56 Å². The fraction of sp³-hybridized carbons (Fsp3) is 0.368. The molecule has 0 atom stereocenters. The Morgan fingerprint density at radius 2 is 1.85 bits per heavy atom. The highest BCUT2D eigenvalue weighted by molar-refractivity contribution is 14.0. The molecule has 0 radical (unpaired) electrons. The fourth-order valence-corrected chi connectivity index (χ4v) is 2.33. The molecular formula is C19H28IN5O. The van der Waals surface area contributed by atoms with Crippen LogP contribution in [0.3, 0.4) is 0 Å². The van der Waals surface area contributed by atoms with Gasteiger partial charge in [-0.3, -0.25) is 4.99 Å². The SMILES string of the molecule is CN=C(NCCc1ccc(OC)cc1)NCc1cccc(N(C)C)n1.I. The summed E-state index contributed by atoms with van der Waals surface area (Å²) in [6.07, 6.45) is 0.916. The number of aliphatic imine (C=N–C) groups is 1. The first-order chi connectivity index (χ1) is 12.1. The number of halogens is 1. The molecule has 142 valence electrons. The molecule has 0 aliphatic heterocycles. The van der Waals surface area contributed by atoms with Crippen molar-refractivity contribution in [3.63, 3.8) is 0 Å². The van der Waals surface area contributed by atoms with Gasteiger partial charge in [0.2, 0.25) is 0 Å². The van der Waals surface area contributed by atoms with E-state index >= 15 is 0 Å². The number of pyridine rings is 1. The quantitative estimate of drug-likeness (QED) is 0.371. The van der Waals surface area contributed by atoms with Gasteiger partial charge in [0.15, 0.2) is 5.96 Å². The Morgan fingerprint density at radius 1 is 1.12 bits per heavy atom. The zero-order chi connectivity index (χ0) is 18.1. The van der Waals surface area contributed by atoms with Gasteiger partial charge in [-0.25, -0.2) is 4.98 Å². The first-order valence-electron chi connectivity index (χ1n) is 8.33. The van der Waals surface area contributed by atoms with E-state index in [0.29, 0.717) is 6.54 Å². The molecule has 26 heavy (non-hydrogen) atoms. The van der Waals surface area contributed by atoms with Crippen molar-refractivity contribution < 1.29 is 4.74 Å². The number of anilines is 1. The molecule has 0 bridgehead atoms. The number of nitrogens with one attached hydrogen (secondary N) is 2. The Labute approximate surface area is 173 Å². The number of guanidine groups is 1. The number of ether oxygens (including phenoxy) is 1. The van der Waals surface area contributed by atoms with Crippen molar-refractivity contribution in [2.45, 2.75) is 13.0 Å². The van der Waals surface area contributed by atoms with Crippen LogP contribution in [0.15, 0.2) is 47.5 Å². The van der Waals surface area contributed by atoms with Crippen molar-refractivity contribution in [1.82, 2.24) is 15.6 Å². The first-order valence-corrected chi connectivity index (χ1v) is 8.33. The van der Waals surface area contributed by atoms with Gasteiger partial charge in [-0.2, -0.15) is 0 Å². The third-order valence-electron chi connectivity index (χ3n) is 3.78. The van der Waals surface area contributed by atoms with E-state index in [4.69, 9.17) is 4.74 Å². The molecule has 2 aromatic rings. The minimum absolute atomic E-state index is 0. The molecule has 0 unspecified atom stereocenters. The third kappa shape index (κ3) is 7.07. The van der Waals surface area contributed by atoms with Crippen molar-refractivity contribution in [3.05, 3.63) is 53.7 Å². The Balaban J connectivity index is 0.00000338. The number of aromatic nitrogens is 1. The van der Waals surface area contributed by atoms with Gasteiger partial charge in [-0.1, -0.05) is 18.2 Å².